The fraction of sp³-hybridized carbons (Fsp3) is 0.882. The van der Waals surface area contributed by atoms with Gasteiger partial charge in [-0.1, -0.05) is 46.0 Å². The van der Waals surface area contributed by atoms with E-state index in [0.717, 1.165) is 12.8 Å². The van der Waals surface area contributed by atoms with E-state index >= 15 is 0 Å². The van der Waals surface area contributed by atoms with Crippen LogP contribution in [0.25, 0.3) is 0 Å². The lowest BCUT2D eigenvalue weighted by molar-refractivity contribution is -0.148. The average molecular weight is 315 g/mol. The van der Waals surface area contributed by atoms with Crippen molar-refractivity contribution in [3.8, 4) is 0 Å². The number of nitrogens with one attached hydrogen (secondary N) is 1. The number of amides is 1. The van der Waals surface area contributed by atoms with E-state index in [1.165, 1.54) is 25.7 Å². The topological polar surface area (TPSA) is 64.6 Å². The van der Waals surface area contributed by atoms with E-state index in [1.807, 2.05) is 6.92 Å². The van der Waals surface area contributed by atoms with Crippen molar-refractivity contribution in [3.63, 3.8) is 0 Å². The first-order valence-electron chi connectivity index (χ1n) is 8.39. The largest absolute Gasteiger partial charge is 0.464 e. The predicted molar refractivity (Wildman–Crippen MR) is 87.7 cm³/mol. The highest BCUT2D eigenvalue weighted by Gasteiger charge is 2.16. The molecular weight excluding hydrogens is 282 g/mol. The van der Waals surface area contributed by atoms with Crippen LogP contribution in [0.3, 0.4) is 0 Å². The smallest absolute Gasteiger partial charge is 0.407 e. The number of hydrogen-bond acceptors (Lipinski definition) is 4. The summed E-state index contributed by atoms with van der Waals surface area (Å²) < 4.78 is 10.2. The van der Waals surface area contributed by atoms with Gasteiger partial charge in [-0.05, 0) is 27.2 Å². The Hall–Kier alpha value is -1.26. The molecule has 0 rings (SSSR count). The van der Waals surface area contributed by atoms with Crippen molar-refractivity contribution in [2.45, 2.75) is 78.7 Å². The van der Waals surface area contributed by atoms with Gasteiger partial charge in [0, 0.05) is 0 Å². The van der Waals surface area contributed by atoms with Crippen LogP contribution >= 0.6 is 0 Å². The standard InChI is InChI=1S/C17H33NO4/c1-6-7-8-9-10-11-14(2)15(19)21-13-12-18-16(20)22-17(3,4)5/h14H,6-13H2,1-5H3,(H,18,20). The zero-order valence-corrected chi connectivity index (χ0v) is 14.9. The normalized spacial score (nSPS) is 12.6. The van der Waals surface area contributed by atoms with E-state index in [1.54, 1.807) is 20.8 Å². The number of carbonyl (C=O) groups is 2. The minimum atomic E-state index is -0.521. The number of alkyl carbamates (subject to hydrolysis) is 1. The summed E-state index contributed by atoms with van der Waals surface area (Å²) in [4.78, 5) is 23.2. The zero-order valence-electron chi connectivity index (χ0n) is 14.9. The third-order valence-electron chi connectivity index (χ3n) is 3.16. The van der Waals surface area contributed by atoms with Crippen LogP contribution in [0.4, 0.5) is 4.79 Å². The van der Waals surface area contributed by atoms with Crippen LogP contribution in [-0.2, 0) is 14.3 Å². The molecule has 0 aliphatic carbocycles. The fourth-order valence-electron chi connectivity index (χ4n) is 1.93. The number of rotatable bonds is 10. The van der Waals surface area contributed by atoms with Gasteiger partial charge in [0.25, 0.3) is 0 Å². The van der Waals surface area contributed by atoms with Gasteiger partial charge in [-0.3, -0.25) is 4.79 Å². The average Bonchev–Trinajstić information content (AvgIpc) is 2.41. The van der Waals surface area contributed by atoms with Crippen molar-refractivity contribution >= 4 is 12.1 Å². The Bertz CT molecular complexity index is 323. The minimum Gasteiger partial charge on any atom is -0.464 e. The Kier molecular flexibility index (Phi) is 10.7. The van der Waals surface area contributed by atoms with E-state index < -0.39 is 11.7 Å². The van der Waals surface area contributed by atoms with E-state index in [2.05, 4.69) is 12.2 Å². The Morgan fingerprint density at radius 1 is 1.09 bits per heavy atom. The Morgan fingerprint density at radius 2 is 1.73 bits per heavy atom. The molecule has 0 heterocycles. The second-order valence-electron chi connectivity index (χ2n) is 6.70. The molecule has 0 radical (unpaired) electrons. The molecule has 0 aliphatic heterocycles. The lowest BCUT2D eigenvalue weighted by atomic mass is 10.0. The molecule has 5 heteroatoms. The Balaban J connectivity index is 3.65. The molecule has 0 aliphatic rings. The van der Waals surface area contributed by atoms with Gasteiger partial charge in [0.15, 0.2) is 0 Å². The summed E-state index contributed by atoms with van der Waals surface area (Å²) in [5.74, 6) is -0.273. The van der Waals surface area contributed by atoms with Gasteiger partial charge in [-0.25, -0.2) is 4.79 Å². The van der Waals surface area contributed by atoms with Gasteiger partial charge >= 0.3 is 12.1 Å². The molecule has 0 fully saturated rings. The van der Waals surface area contributed by atoms with Crippen LogP contribution in [0.2, 0.25) is 0 Å². The highest BCUT2D eigenvalue weighted by atomic mass is 16.6. The van der Waals surface area contributed by atoms with Gasteiger partial charge in [-0.2, -0.15) is 0 Å². The summed E-state index contributed by atoms with van der Waals surface area (Å²) in [5, 5.41) is 2.56. The Morgan fingerprint density at radius 3 is 2.32 bits per heavy atom. The molecule has 1 unspecified atom stereocenters. The predicted octanol–water partition coefficient (Wildman–Crippen LogP) is 4.05. The summed E-state index contributed by atoms with van der Waals surface area (Å²) in [5.41, 5.74) is -0.521. The van der Waals surface area contributed by atoms with Crippen molar-refractivity contribution < 1.29 is 19.1 Å². The molecule has 1 N–H and O–H groups in total. The summed E-state index contributed by atoms with van der Waals surface area (Å²) in [6, 6.07) is 0. The van der Waals surface area contributed by atoms with Crippen LogP contribution in [0, 0.1) is 5.92 Å². The van der Waals surface area contributed by atoms with Gasteiger partial charge in [0.1, 0.15) is 12.2 Å². The molecule has 0 bridgehead atoms. The van der Waals surface area contributed by atoms with E-state index in [9.17, 15) is 9.59 Å². The summed E-state index contributed by atoms with van der Waals surface area (Å²) >= 11 is 0. The molecule has 0 spiro atoms. The molecular formula is C17H33NO4. The molecule has 0 saturated heterocycles. The van der Waals surface area contributed by atoms with Gasteiger partial charge in [0.05, 0.1) is 12.5 Å². The first kappa shape index (κ1) is 20.7. The minimum absolute atomic E-state index is 0.0804. The van der Waals surface area contributed by atoms with E-state index in [4.69, 9.17) is 9.47 Å². The molecule has 5 nitrogen and oxygen atoms in total. The summed E-state index contributed by atoms with van der Waals surface area (Å²) in [7, 11) is 0. The third kappa shape index (κ3) is 12.5. The van der Waals surface area contributed by atoms with Crippen LogP contribution in [0.15, 0.2) is 0 Å². The molecule has 0 aromatic rings. The number of carbonyl (C=O) groups excluding carboxylic acids is 2. The van der Waals surface area contributed by atoms with Crippen LogP contribution in [-0.4, -0.2) is 30.8 Å². The molecule has 0 aromatic carbocycles. The third-order valence-corrected chi connectivity index (χ3v) is 3.16. The molecule has 22 heavy (non-hydrogen) atoms. The van der Waals surface area contributed by atoms with Crippen molar-refractivity contribution in [1.82, 2.24) is 5.32 Å². The quantitative estimate of drug-likeness (QED) is 0.488. The van der Waals surface area contributed by atoms with Crippen molar-refractivity contribution in [2.24, 2.45) is 5.92 Å². The number of ether oxygens (including phenoxy) is 2. The maximum atomic E-state index is 11.8. The lowest BCUT2D eigenvalue weighted by Crippen LogP contribution is -2.34. The monoisotopic (exact) mass is 315 g/mol. The molecule has 0 aromatic heterocycles. The molecule has 0 saturated carbocycles. The second kappa shape index (κ2) is 11.3. The van der Waals surface area contributed by atoms with Crippen LogP contribution < -0.4 is 5.32 Å². The zero-order chi connectivity index (χ0) is 17.0. The number of hydrogen-bond donors (Lipinski definition) is 1. The van der Waals surface area contributed by atoms with Crippen LogP contribution in [0.5, 0.6) is 0 Å². The summed E-state index contributed by atoms with van der Waals surface area (Å²) in [6.07, 6.45) is 6.32. The van der Waals surface area contributed by atoms with E-state index in [0.29, 0.717) is 0 Å². The van der Waals surface area contributed by atoms with E-state index in [-0.39, 0.29) is 25.0 Å². The first-order chi connectivity index (χ1) is 10.3. The molecule has 1 amide bonds. The number of unbranched alkanes of at least 4 members (excludes halogenated alkanes) is 4. The Labute approximate surface area is 135 Å². The first-order valence-corrected chi connectivity index (χ1v) is 8.39. The van der Waals surface area contributed by atoms with Gasteiger partial charge < -0.3 is 14.8 Å². The highest BCUT2D eigenvalue weighted by molar-refractivity contribution is 5.72. The maximum absolute atomic E-state index is 11.8. The fourth-order valence-corrected chi connectivity index (χ4v) is 1.93. The molecule has 130 valence electrons. The maximum Gasteiger partial charge on any atom is 0.407 e. The lowest BCUT2D eigenvalue weighted by Gasteiger charge is -2.19. The number of esters is 1. The summed E-state index contributed by atoms with van der Waals surface area (Å²) in [6.45, 7) is 9.93. The second-order valence-corrected chi connectivity index (χ2v) is 6.70. The van der Waals surface area contributed by atoms with Gasteiger partial charge in [-0.15, -0.1) is 0 Å². The van der Waals surface area contributed by atoms with Crippen LogP contribution in [0.1, 0.15) is 73.1 Å². The highest BCUT2D eigenvalue weighted by Crippen LogP contribution is 2.12. The molecule has 1 atom stereocenters. The van der Waals surface area contributed by atoms with Crippen molar-refractivity contribution in [2.75, 3.05) is 13.2 Å². The van der Waals surface area contributed by atoms with Crippen molar-refractivity contribution in [1.29, 1.82) is 0 Å². The van der Waals surface area contributed by atoms with Gasteiger partial charge in [0.2, 0.25) is 0 Å². The van der Waals surface area contributed by atoms with Crippen molar-refractivity contribution in [3.05, 3.63) is 0 Å². The SMILES string of the molecule is CCCCCCCC(C)C(=O)OCCNC(=O)OC(C)(C)C.